The first-order valence-corrected chi connectivity index (χ1v) is 10.0. The van der Waals surface area contributed by atoms with Gasteiger partial charge in [-0.2, -0.15) is 0 Å². The van der Waals surface area contributed by atoms with Gasteiger partial charge in [-0.1, -0.05) is 17.7 Å². The van der Waals surface area contributed by atoms with Gasteiger partial charge < -0.3 is 24.9 Å². The van der Waals surface area contributed by atoms with E-state index in [1.165, 1.54) is 0 Å². The zero-order chi connectivity index (χ0) is 21.8. The zero-order valence-corrected chi connectivity index (χ0v) is 17.5. The van der Waals surface area contributed by atoms with Crippen molar-refractivity contribution in [1.82, 2.24) is 9.38 Å². The van der Waals surface area contributed by atoms with Crippen LogP contribution in [-0.4, -0.2) is 28.5 Å². The van der Waals surface area contributed by atoms with Crippen LogP contribution in [0.15, 0.2) is 67.0 Å². The van der Waals surface area contributed by atoms with Crippen LogP contribution in [0.1, 0.15) is 12.5 Å². The molecule has 4 aromatic rings. The third-order valence-electron chi connectivity index (χ3n) is 4.75. The van der Waals surface area contributed by atoms with Crippen molar-refractivity contribution >= 4 is 22.9 Å². The predicted octanol–water partition coefficient (Wildman–Crippen LogP) is 4.31. The molecule has 158 valence electrons. The number of anilines is 2. The highest BCUT2D eigenvalue weighted by atomic mass is 16.5. The van der Waals surface area contributed by atoms with Crippen LogP contribution in [0, 0.1) is 6.92 Å². The molecule has 0 aliphatic rings. The number of ether oxygens (including phenoxy) is 2. The summed E-state index contributed by atoms with van der Waals surface area (Å²) < 4.78 is 13.1. The van der Waals surface area contributed by atoms with E-state index in [1.54, 1.807) is 6.07 Å². The molecule has 2 heterocycles. The normalized spacial score (nSPS) is 10.8. The van der Waals surface area contributed by atoms with Crippen molar-refractivity contribution in [2.24, 2.45) is 0 Å². The van der Waals surface area contributed by atoms with Gasteiger partial charge in [-0.25, -0.2) is 4.98 Å². The summed E-state index contributed by atoms with van der Waals surface area (Å²) in [5.41, 5.74) is 10.7. The van der Waals surface area contributed by atoms with Crippen molar-refractivity contribution in [3.05, 3.63) is 72.6 Å². The number of pyridine rings is 1. The summed E-state index contributed by atoms with van der Waals surface area (Å²) in [6.45, 7) is 4.34. The van der Waals surface area contributed by atoms with Crippen LogP contribution in [0.5, 0.6) is 11.5 Å². The Bertz CT molecular complexity index is 1220. The fourth-order valence-corrected chi connectivity index (χ4v) is 3.21. The SMILES string of the molecule is CCOc1ccc(-c2cn3cccc(OCC(=O)Nc4ccc(C)cc4)c3n2)cc1N. The molecular formula is C24H24N4O3. The number of aromatic nitrogens is 2. The van der Waals surface area contributed by atoms with E-state index in [1.807, 2.05) is 79.2 Å². The third-order valence-corrected chi connectivity index (χ3v) is 4.75. The first kappa shape index (κ1) is 20.3. The molecule has 4 rings (SSSR count). The van der Waals surface area contributed by atoms with Crippen LogP contribution in [0.3, 0.4) is 0 Å². The van der Waals surface area contributed by atoms with Crippen molar-refractivity contribution in [2.45, 2.75) is 13.8 Å². The van der Waals surface area contributed by atoms with Gasteiger partial charge in [0.25, 0.3) is 5.91 Å². The molecule has 0 fully saturated rings. The number of nitrogens with two attached hydrogens (primary N) is 1. The lowest BCUT2D eigenvalue weighted by molar-refractivity contribution is -0.118. The minimum atomic E-state index is -0.239. The van der Waals surface area contributed by atoms with Crippen molar-refractivity contribution in [3.8, 4) is 22.8 Å². The number of carbonyl (C=O) groups is 1. The van der Waals surface area contributed by atoms with Crippen molar-refractivity contribution in [2.75, 3.05) is 24.3 Å². The van der Waals surface area contributed by atoms with Gasteiger partial charge in [-0.3, -0.25) is 4.79 Å². The molecular weight excluding hydrogens is 392 g/mol. The molecule has 0 aliphatic heterocycles. The highest BCUT2D eigenvalue weighted by molar-refractivity contribution is 5.92. The molecule has 0 unspecified atom stereocenters. The van der Waals surface area contributed by atoms with Gasteiger partial charge in [0.2, 0.25) is 0 Å². The average molecular weight is 416 g/mol. The lowest BCUT2D eigenvalue weighted by Gasteiger charge is -2.08. The van der Waals surface area contributed by atoms with E-state index in [-0.39, 0.29) is 12.5 Å². The van der Waals surface area contributed by atoms with E-state index < -0.39 is 0 Å². The molecule has 31 heavy (non-hydrogen) atoms. The van der Waals surface area contributed by atoms with Crippen LogP contribution in [-0.2, 0) is 4.79 Å². The van der Waals surface area contributed by atoms with Gasteiger partial charge in [0.05, 0.1) is 18.0 Å². The topological polar surface area (TPSA) is 90.9 Å². The second-order valence-electron chi connectivity index (χ2n) is 7.12. The Balaban J connectivity index is 1.50. The number of fused-ring (bicyclic) bond motifs is 1. The van der Waals surface area contributed by atoms with Gasteiger partial charge in [-0.15, -0.1) is 0 Å². The molecule has 0 radical (unpaired) electrons. The Labute approximate surface area is 180 Å². The van der Waals surface area contributed by atoms with E-state index in [9.17, 15) is 4.79 Å². The summed E-state index contributed by atoms with van der Waals surface area (Å²) >= 11 is 0. The van der Waals surface area contributed by atoms with Crippen LogP contribution < -0.4 is 20.5 Å². The molecule has 3 N–H and O–H groups in total. The number of imidazole rings is 1. The maximum Gasteiger partial charge on any atom is 0.262 e. The third kappa shape index (κ3) is 4.61. The molecule has 2 aromatic carbocycles. The quantitative estimate of drug-likeness (QED) is 0.438. The second kappa shape index (κ2) is 8.79. The number of hydrogen-bond donors (Lipinski definition) is 2. The van der Waals surface area contributed by atoms with Gasteiger partial charge in [-0.05, 0) is 56.3 Å². The van der Waals surface area contributed by atoms with E-state index in [2.05, 4.69) is 10.3 Å². The lowest BCUT2D eigenvalue weighted by atomic mass is 10.1. The monoisotopic (exact) mass is 416 g/mol. The van der Waals surface area contributed by atoms with E-state index >= 15 is 0 Å². The largest absolute Gasteiger partial charge is 0.492 e. The summed E-state index contributed by atoms with van der Waals surface area (Å²) in [5, 5.41) is 2.82. The summed E-state index contributed by atoms with van der Waals surface area (Å²) in [6.07, 6.45) is 3.77. The molecule has 0 aliphatic carbocycles. The first-order valence-electron chi connectivity index (χ1n) is 10.0. The van der Waals surface area contributed by atoms with Gasteiger partial charge in [0, 0.05) is 23.6 Å². The van der Waals surface area contributed by atoms with Crippen LogP contribution in [0.2, 0.25) is 0 Å². The second-order valence-corrected chi connectivity index (χ2v) is 7.12. The minimum absolute atomic E-state index is 0.119. The molecule has 2 aromatic heterocycles. The maximum atomic E-state index is 12.3. The molecule has 0 saturated heterocycles. The van der Waals surface area contributed by atoms with E-state index in [0.717, 1.165) is 22.5 Å². The standard InChI is InChI=1S/C24H24N4O3/c1-3-30-21-11-8-17(13-19(21)25)20-14-28-12-4-5-22(24(28)27-20)31-15-23(29)26-18-9-6-16(2)7-10-18/h4-14H,3,15,25H2,1-2H3,(H,26,29). The average Bonchev–Trinajstić information content (AvgIpc) is 3.20. The number of benzene rings is 2. The van der Waals surface area contributed by atoms with Gasteiger partial charge in [0.1, 0.15) is 5.75 Å². The number of amides is 1. The first-order chi connectivity index (χ1) is 15.0. The summed E-state index contributed by atoms with van der Waals surface area (Å²) in [5.74, 6) is 0.933. The summed E-state index contributed by atoms with van der Waals surface area (Å²) in [7, 11) is 0. The molecule has 0 spiro atoms. The molecule has 0 atom stereocenters. The number of rotatable bonds is 7. The minimum Gasteiger partial charge on any atom is -0.492 e. The highest BCUT2D eigenvalue weighted by Crippen LogP contribution is 2.30. The smallest absolute Gasteiger partial charge is 0.262 e. The Morgan fingerprint density at radius 2 is 1.90 bits per heavy atom. The zero-order valence-electron chi connectivity index (χ0n) is 17.5. The molecule has 0 bridgehead atoms. The number of nitrogens with one attached hydrogen (secondary N) is 1. The highest BCUT2D eigenvalue weighted by Gasteiger charge is 2.12. The van der Waals surface area contributed by atoms with E-state index in [4.69, 9.17) is 15.2 Å². The number of hydrogen-bond acceptors (Lipinski definition) is 5. The number of nitrogen functional groups attached to an aromatic ring is 1. The number of nitrogens with zero attached hydrogens (tertiary/aromatic N) is 2. The van der Waals surface area contributed by atoms with Gasteiger partial charge in [0.15, 0.2) is 18.0 Å². The van der Waals surface area contributed by atoms with Crippen molar-refractivity contribution < 1.29 is 14.3 Å². The van der Waals surface area contributed by atoms with E-state index in [0.29, 0.717) is 29.4 Å². The molecule has 7 heteroatoms. The van der Waals surface area contributed by atoms with Crippen molar-refractivity contribution in [3.63, 3.8) is 0 Å². The number of carbonyl (C=O) groups excluding carboxylic acids is 1. The fourth-order valence-electron chi connectivity index (χ4n) is 3.21. The maximum absolute atomic E-state index is 12.3. The fraction of sp³-hybridized carbons (Fsp3) is 0.167. The Morgan fingerprint density at radius 3 is 2.65 bits per heavy atom. The Morgan fingerprint density at radius 1 is 1.10 bits per heavy atom. The van der Waals surface area contributed by atoms with Crippen LogP contribution in [0.25, 0.3) is 16.9 Å². The molecule has 7 nitrogen and oxygen atoms in total. The van der Waals surface area contributed by atoms with Crippen LogP contribution in [0.4, 0.5) is 11.4 Å². The molecule has 0 saturated carbocycles. The lowest BCUT2D eigenvalue weighted by Crippen LogP contribution is -2.20. The molecule has 1 amide bonds. The van der Waals surface area contributed by atoms with Gasteiger partial charge >= 0.3 is 0 Å². The number of aryl methyl sites for hydroxylation is 1. The Hall–Kier alpha value is -4.00. The summed E-state index contributed by atoms with van der Waals surface area (Å²) in [4.78, 5) is 16.9. The van der Waals surface area contributed by atoms with Crippen molar-refractivity contribution in [1.29, 1.82) is 0 Å². The Kier molecular flexibility index (Phi) is 5.75. The van der Waals surface area contributed by atoms with Crippen LogP contribution >= 0.6 is 0 Å². The summed E-state index contributed by atoms with van der Waals surface area (Å²) in [6, 6.07) is 16.8. The predicted molar refractivity (Wildman–Crippen MR) is 122 cm³/mol.